The Labute approximate surface area is 139 Å². The second-order valence-electron chi connectivity index (χ2n) is 6.23. The molecular weight excluding hydrogens is 286 g/mol. The third-order valence-corrected chi connectivity index (χ3v) is 3.95. The van der Waals surface area contributed by atoms with E-state index in [0.717, 1.165) is 5.75 Å². The molecule has 0 saturated carbocycles. The van der Waals surface area contributed by atoms with Gasteiger partial charge in [0.15, 0.2) is 0 Å². The third kappa shape index (κ3) is 5.70. The first-order valence-electron chi connectivity index (χ1n) is 8.25. The van der Waals surface area contributed by atoms with Gasteiger partial charge in [-0.3, -0.25) is 0 Å². The maximum Gasteiger partial charge on any atom is 0.119 e. The molecule has 0 radical (unpaired) electrons. The zero-order valence-corrected chi connectivity index (χ0v) is 14.2. The molecule has 0 saturated heterocycles. The highest BCUT2D eigenvalue weighted by atomic mass is 16.5. The second-order valence-corrected chi connectivity index (χ2v) is 6.23. The molecule has 2 aromatic carbocycles. The summed E-state index contributed by atoms with van der Waals surface area (Å²) in [6.45, 7) is 7.21. The van der Waals surface area contributed by atoms with Crippen LogP contribution in [0.15, 0.2) is 54.6 Å². The molecule has 2 N–H and O–H groups in total. The quantitative estimate of drug-likeness (QED) is 0.776. The van der Waals surface area contributed by atoms with Gasteiger partial charge in [-0.1, -0.05) is 56.3 Å². The smallest absolute Gasteiger partial charge is 0.119 e. The molecule has 0 heterocycles. The first-order valence-corrected chi connectivity index (χ1v) is 8.25. The lowest BCUT2D eigenvalue weighted by Crippen LogP contribution is -2.33. The molecule has 2 rings (SSSR count). The summed E-state index contributed by atoms with van der Waals surface area (Å²) >= 11 is 0. The molecule has 0 unspecified atom stereocenters. The summed E-state index contributed by atoms with van der Waals surface area (Å²) in [6.07, 6.45) is -0.536. The van der Waals surface area contributed by atoms with E-state index in [9.17, 15) is 5.11 Å². The minimum Gasteiger partial charge on any atom is -0.491 e. The monoisotopic (exact) mass is 313 g/mol. The summed E-state index contributed by atoms with van der Waals surface area (Å²) in [7, 11) is 0. The molecular formula is C20H27NO2. The van der Waals surface area contributed by atoms with Crippen molar-refractivity contribution in [2.45, 2.75) is 38.8 Å². The van der Waals surface area contributed by atoms with Crippen LogP contribution in [0.4, 0.5) is 0 Å². The van der Waals surface area contributed by atoms with Crippen molar-refractivity contribution in [3.05, 3.63) is 65.7 Å². The average Bonchev–Trinajstić information content (AvgIpc) is 2.59. The summed E-state index contributed by atoms with van der Waals surface area (Å²) in [6, 6.07) is 18.5. The molecule has 0 amide bonds. The van der Waals surface area contributed by atoms with Gasteiger partial charge in [0.05, 0.1) is 0 Å². The van der Waals surface area contributed by atoms with Crippen LogP contribution in [0.25, 0.3) is 0 Å². The predicted molar refractivity (Wildman–Crippen MR) is 94.9 cm³/mol. The molecule has 124 valence electrons. The normalized spacial score (nSPS) is 13.8. The van der Waals surface area contributed by atoms with Gasteiger partial charge in [-0.25, -0.2) is 0 Å². The van der Waals surface area contributed by atoms with Crippen molar-refractivity contribution in [1.29, 1.82) is 0 Å². The van der Waals surface area contributed by atoms with Crippen molar-refractivity contribution in [3.63, 3.8) is 0 Å². The van der Waals surface area contributed by atoms with Gasteiger partial charge in [0.25, 0.3) is 0 Å². The van der Waals surface area contributed by atoms with Crippen molar-refractivity contribution >= 4 is 0 Å². The fourth-order valence-electron chi connectivity index (χ4n) is 2.37. The number of rotatable bonds is 8. The van der Waals surface area contributed by atoms with Crippen LogP contribution in [0.1, 0.15) is 43.9 Å². The Morgan fingerprint density at radius 2 is 1.57 bits per heavy atom. The van der Waals surface area contributed by atoms with E-state index in [4.69, 9.17) is 4.74 Å². The topological polar surface area (TPSA) is 41.5 Å². The van der Waals surface area contributed by atoms with Crippen LogP contribution < -0.4 is 10.1 Å². The summed E-state index contributed by atoms with van der Waals surface area (Å²) in [5.41, 5.74) is 2.50. The van der Waals surface area contributed by atoms with Crippen LogP contribution in [-0.2, 0) is 0 Å². The van der Waals surface area contributed by atoms with Gasteiger partial charge >= 0.3 is 0 Å². The van der Waals surface area contributed by atoms with E-state index in [1.807, 2.05) is 30.3 Å². The Morgan fingerprint density at radius 1 is 0.913 bits per heavy atom. The minimum atomic E-state index is -0.536. The minimum absolute atomic E-state index is 0.205. The Hall–Kier alpha value is -1.84. The molecule has 0 bridgehead atoms. The van der Waals surface area contributed by atoms with E-state index >= 15 is 0 Å². The fourth-order valence-corrected chi connectivity index (χ4v) is 2.37. The Morgan fingerprint density at radius 3 is 2.17 bits per heavy atom. The van der Waals surface area contributed by atoms with Crippen LogP contribution in [0.3, 0.4) is 0 Å². The van der Waals surface area contributed by atoms with Crippen molar-refractivity contribution < 1.29 is 9.84 Å². The summed E-state index contributed by atoms with van der Waals surface area (Å²) in [5, 5.41) is 13.4. The SMILES string of the molecule is CC(C)c1ccc(OC[C@@H](O)CN[C@@H](C)c2ccccc2)cc1. The molecule has 0 aromatic heterocycles. The molecule has 23 heavy (non-hydrogen) atoms. The molecule has 0 aliphatic heterocycles. The van der Waals surface area contributed by atoms with Gasteiger partial charge in [-0.05, 0) is 36.1 Å². The third-order valence-electron chi connectivity index (χ3n) is 3.95. The van der Waals surface area contributed by atoms with Gasteiger partial charge < -0.3 is 15.2 Å². The molecule has 2 atom stereocenters. The van der Waals surface area contributed by atoms with E-state index in [1.165, 1.54) is 11.1 Å². The van der Waals surface area contributed by atoms with E-state index in [0.29, 0.717) is 12.5 Å². The number of hydrogen-bond donors (Lipinski definition) is 2. The Kier molecular flexibility index (Phi) is 6.63. The zero-order valence-electron chi connectivity index (χ0n) is 14.2. The summed E-state index contributed by atoms with van der Waals surface area (Å²) in [5.74, 6) is 1.31. The van der Waals surface area contributed by atoms with Crippen molar-refractivity contribution in [2.75, 3.05) is 13.2 Å². The highest BCUT2D eigenvalue weighted by Crippen LogP contribution is 2.18. The van der Waals surface area contributed by atoms with Gasteiger partial charge in [-0.15, -0.1) is 0 Å². The molecule has 0 fully saturated rings. The van der Waals surface area contributed by atoms with Crippen LogP contribution in [0.2, 0.25) is 0 Å². The zero-order chi connectivity index (χ0) is 16.7. The first kappa shape index (κ1) is 17.5. The van der Waals surface area contributed by atoms with Crippen LogP contribution in [-0.4, -0.2) is 24.4 Å². The van der Waals surface area contributed by atoms with E-state index in [1.54, 1.807) is 0 Å². The lowest BCUT2D eigenvalue weighted by molar-refractivity contribution is 0.104. The molecule has 0 aliphatic carbocycles. The highest BCUT2D eigenvalue weighted by Gasteiger charge is 2.09. The van der Waals surface area contributed by atoms with E-state index in [2.05, 4.69) is 50.4 Å². The first-order chi connectivity index (χ1) is 11.1. The number of ether oxygens (including phenoxy) is 1. The Balaban J connectivity index is 1.73. The molecule has 0 aliphatic rings. The number of aliphatic hydroxyl groups excluding tert-OH is 1. The van der Waals surface area contributed by atoms with Crippen molar-refractivity contribution in [3.8, 4) is 5.75 Å². The van der Waals surface area contributed by atoms with E-state index < -0.39 is 6.10 Å². The maximum absolute atomic E-state index is 10.1. The Bertz CT molecular complexity index is 566. The molecule has 0 spiro atoms. The lowest BCUT2D eigenvalue weighted by Gasteiger charge is -2.18. The summed E-state index contributed by atoms with van der Waals surface area (Å²) < 4.78 is 5.65. The van der Waals surface area contributed by atoms with Gasteiger partial charge in [-0.2, -0.15) is 0 Å². The van der Waals surface area contributed by atoms with Crippen molar-refractivity contribution in [2.24, 2.45) is 0 Å². The standard InChI is InChI=1S/C20H27NO2/c1-15(2)17-9-11-20(12-10-17)23-14-19(22)13-21-16(3)18-7-5-4-6-8-18/h4-12,15-16,19,21-22H,13-14H2,1-3H3/t16-,19-/m0/s1. The largest absolute Gasteiger partial charge is 0.491 e. The highest BCUT2D eigenvalue weighted by molar-refractivity contribution is 5.28. The number of nitrogens with one attached hydrogen (secondary N) is 1. The number of aliphatic hydroxyl groups is 1. The summed E-state index contributed by atoms with van der Waals surface area (Å²) in [4.78, 5) is 0. The molecule has 2 aromatic rings. The van der Waals surface area contributed by atoms with E-state index in [-0.39, 0.29) is 12.6 Å². The fraction of sp³-hybridized carbons (Fsp3) is 0.400. The van der Waals surface area contributed by atoms with Crippen LogP contribution in [0.5, 0.6) is 5.75 Å². The number of hydrogen-bond acceptors (Lipinski definition) is 3. The van der Waals surface area contributed by atoms with Crippen molar-refractivity contribution in [1.82, 2.24) is 5.32 Å². The number of benzene rings is 2. The second kappa shape index (κ2) is 8.70. The predicted octanol–water partition coefficient (Wildman–Crippen LogP) is 3.90. The van der Waals surface area contributed by atoms with Gasteiger partial charge in [0, 0.05) is 12.6 Å². The van der Waals surface area contributed by atoms with Crippen LogP contribution >= 0.6 is 0 Å². The molecule has 3 nitrogen and oxygen atoms in total. The van der Waals surface area contributed by atoms with Crippen LogP contribution in [0, 0.1) is 0 Å². The average molecular weight is 313 g/mol. The van der Waals surface area contributed by atoms with Gasteiger partial charge in [0.2, 0.25) is 0 Å². The maximum atomic E-state index is 10.1. The lowest BCUT2D eigenvalue weighted by atomic mass is 10.0. The molecule has 3 heteroatoms. The van der Waals surface area contributed by atoms with Gasteiger partial charge in [0.1, 0.15) is 18.5 Å².